The maximum absolute atomic E-state index is 12.3. The largest absolute Gasteiger partial charge is 0.361 e. The van der Waals surface area contributed by atoms with Crippen LogP contribution in [0.15, 0.2) is 60.9 Å². The van der Waals surface area contributed by atoms with Gasteiger partial charge >= 0.3 is 6.03 Å². The van der Waals surface area contributed by atoms with E-state index >= 15 is 0 Å². The molecule has 0 radical (unpaired) electrons. The average Bonchev–Trinajstić information content (AvgIpc) is 3.30. The van der Waals surface area contributed by atoms with Gasteiger partial charge in [0, 0.05) is 45.3 Å². The number of carbonyl (C=O) groups excluding carboxylic acids is 1. The molecule has 1 aliphatic heterocycles. The monoisotopic (exact) mass is 330 g/mol. The molecule has 25 heavy (non-hydrogen) atoms. The van der Waals surface area contributed by atoms with Crippen molar-refractivity contribution in [1.29, 1.82) is 0 Å². The van der Waals surface area contributed by atoms with E-state index < -0.39 is 5.54 Å². The number of nitrogens with one attached hydrogen (secondary N) is 4. The van der Waals surface area contributed by atoms with Gasteiger partial charge in [0.2, 0.25) is 0 Å². The van der Waals surface area contributed by atoms with Gasteiger partial charge in [-0.15, -0.1) is 0 Å². The summed E-state index contributed by atoms with van der Waals surface area (Å²) >= 11 is 0. The van der Waals surface area contributed by atoms with E-state index in [0.29, 0.717) is 0 Å². The highest BCUT2D eigenvalue weighted by Crippen LogP contribution is 2.42. The van der Waals surface area contributed by atoms with Crippen LogP contribution in [0.4, 0.5) is 4.79 Å². The molecular formula is C20H18N4O. The summed E-state index contributed by atoms with van der Waals surface area (Å²) in [5.41, 5.74) is 3.61. The summed E-state index contributed by atoms with van der Waals surface area (Å²) in [6.45, 7) is 2.04. The lowest BCUT2D eigenvalue weighted by molar-refractivity contribution is 0.246. The van der Waals surface area contributed by atoms with Crippen molar-refractivity contribution in [2.75, 3.05) is 0 Å². The number of rotatable bonds is 2. The molecule has 1 unspecified atom stereocenters. The number of benzene rings is 2. The van der Waals surface area contributed by atoms with Crippen molar-refractivity contribution >= 4 is 27.8 Å². The van der Waals surface area contributed by atoms with Crippen LogP contribution in [-0.2, 0) is 5.54 Å². The zero-order valence-corrected chi connectivity index (χ0v) is 13.8. The summed E-state index contributed by atoms with van der Waals surface area (Å²) in [5.74, 6) is 0. The Bertz CT molecular complexity index is 1030. The first kappa shape index (κ1) is 14.2. The van der Waals surface area contributed by atoms with E-state index in [2.05, 4.69) is 44.9 Å². The summed E-state index contributed by atoms with van der Waals surface area (Å²) in [7, 11) is 0. The van der Waals surface area contributed by atoms with Gasteiger partial charge in [-0.05, 0) is 19.1 Å². The van der Waals surface area contributed by atoms with Crippen LogP contribution in [0.2, 0.25) is 0 Å². The molecule has 5 rings (SSSR count). The Morgan fingerprint density at radius 2 is 1.36 bits per heavy atom. The average molecular weight is 330 g/mol. The summed E-state index contributed by atoms with van der Waals surface area (Å²) in [4.78, 5) is 19.0. The van der Waals surface area contributed by atoms with Crippen molar-refractivity contribution in [3.63, 3.8) is 0 Å². The van der Waals surface area contributed by atoms with Gasteiger partial charge in [-0.2, -0.15) is 0 Å². The van der Waals surface area contributed by atoms with Gasteiger partial charge < -0.3 is 20.6 Å². The first-order chi connectivity index (χ1) is 12.2. The Kier molecular flexibility index (Phi) is 2.77. The van der Waals surface area contributed by atoms with E-state index in [1.54, 1.807) is 0 Å². The predicted octanol–water partition coefficient (Wildman–Crippen LogP) is 3.59. The van der Waals surface area contributed by atoms with Gasteiger partial charge in [-0.1, -0.05) is 36.4 Å². The second kappa shape index (κ2) is 4.89. The third kappa shape index (κ3) is 1.80. The molecule has 1 aliphatic rings. The zero-order chi connectivity index (χ0) is 17.0. The topological polar surface area (TPSA) is 72.7 Å². The molecule has 0 saturated carbocycles. The van der Waals surface area contributed by atoms with E-state index in [1.807, 2.05) is 43.6 Å². The first-order valence-corrected chi connectivity index (χ1v) is 8.42. The van der Waals surface area contributed by atoms with Crippen LogP contribution in [0.5, 0.6) is 0 Å². The van der Waals surface area contributed by atoms with Gasteiger partial charge in [0.05, 0.1) is 6.04 Å². The Morgan fingerprint density at radius 1 is 0.840 bits per heavy atom. The van der Waals surface area contributed by atoms with Crippen molar-refractivity contribution in [1.82, 2.24) is 20.6 Å². The molecule has 1 atom stereocenters. The molecule has 0 spiro atoms. The van der Waals surface area contributed by atoms with E-state index in [-0.39, 0.29) is 12.1 Å². The lowest BCUT2D eigenvalue weighted by atomic mass is 9.78. The summed E-state index contributed by atoms with van der Waals surface area (Å²) in [5, 5.41) is 8.48. The molecule has 0 aliphatic carbocycles. The number of amides is 2. The van der Waals surface area contributed by atoms with Gasteiger partial charge in [-0.3, -0.25) is 0 Å². The summed E-state index contributed by atoms with van der Waals surface area (Å²) < 4.78 is 0. The van der Waals surface area contributed by atoms with Crippen LogP contribution in [-0.4, -0.2) is 22.0 Å². The van der Waals surface area contributed by atoms with E-state index in [0.717, 1.165) is 32.9 Å². The standard InChI is InChI=1S/C20H18N4O/c1-12-20(24-19(25)23-12,15-10-21-17-8-4-2-6-13(15)17)16-11-22-18-9-5-3-7-14(16)18/h2-12,21-22H,1H3,(H2,23,24,25). The molecule has 2 aromatic heterocycles. The number of para-hydroxylation sites is 2. The predicted molar refractivity (Wildman–Crippen MR) is 98.5 cm³/mol. The van der Waals surface area contributed by atoms with Crippen molar-refractivity contribution in [3.8, 4) is 0 Å². The minimum absolute atomic E-state index is 0.0987. The molecule has 5 nitrogen and oxygen atoms in total. The van der Waals surface area contributed by atoms with Crippen LogP contribution in [0.1, 0.15) is 18.1 Å². The normalized spacial score (nSPS) is 19.2. The first-order valence-electron chi connectivity index (χ1n) is 8.42. The molecule has 0 bridgehead atoms. The molecule has 1 fully saturated rings. The van der Waals surface area contributed by atoms with Crippen LogP contribution in [0.3, 0.4) is 0 Å². The van der Waals surface area contributed by atoms with Crippen molar-refractivity contribution in [2.45, 2.75) is 18.5 Å². The third-order valence-electron chi connectivity index (χ3n) is 5.34. The highest BCUT2D eigenvalue weighted by Gasteiger charge is 2.49. The lowest BCUT2D eigenvalue weighted by Crippen LogP contribution is -2.46. The SMILES string of the molecule is CC1NC(=O)NC1(c1c[nH]c2ccccc12)c1c[nH]c2ccccc12. The number of aromatic amines is 2. The second-order valence-corrected chi connectivity index (χ2v) is 6.62. The number of carbonyl (C=O) groups is 1. The lowest BCUT2D eigenvalue weighted by Gasteiger charge is -2.32. The molecule has 124 valence electrons. The van der Waals surface area contributed by atoms with E-state index in [1.165, 1.54) is 0 Å². The molecule has 5 heteroatoms. The Hall–Kier alpha value is -3.21. The number of H-pyrrole nitrogens is 2. The van der Waals surface area contributed by atoms with E-state index in [9.17, 15) is 4.79 Å². The molecule has 1 saturated heterocycles. The van der Waals surface area contributed by atoms with Gasteiger partial charge in [0.15, 0.2) is 0 Å². The summed E-state index contributed by atoms with van der Waals surface area (Å²) in [6, 6.07) is 16.1. The maximum Gasteiger partial charge on any atom is 0.316 e. The fraction of sp³-hybridized carbons (Fsp3) is 0.150. The second-order valence-electron chi connectivity index (χ2n) is 6.62. The molecule has 4 aromatic rings. The molecular weight excluding hydrogens is 312 g/mol. The number of urea groups is 1. The van der Waals surface area contributed by atoms with Gasteiger partial charge in [0.25, 0.3) is 0 Å². The Balaban J connectivity index is 1.86. The fourth-order valence-corrected chi connectivity index (χ4v) is 4.17. The Labute approximate surface area is 144 Å². The number of fused-ring (bicyclic) bond motifs is 2. The number of hydrogen-bond acceptors (Lipinski definition) is 1. The van der Waals surface area contributed by atoms with Crippen LogP contribution < -0.4 is 10.6 Å². The molecule has 2 amide bonds. The molecule has 2 aromatic carbocycles. The minimum atomic E-state index is -0.643. The van der Waals surface area contributed by atoms with Crippen molar-refractivity contribution in [3.05, 3.63) is 72.1 Å². The smallest absolute Gasteiger partial charge is 0.316 e. The van der Waals surface area contributed by atoms with Gasteiger partial charge in [-0.25, -0.2) is 4.79 Å². The van der Waals surface area contributed by atoms with E-state index in [4.69, 9.17) is 0 Å². The molecule has 4 N–H and O–H groups in total. The Morgan fingerprint density at radius 3 is 1.84 bits per heavy atom. The maximum atomic E-state index is 12.3. The zero-order valence-electron chi connectivity index (χ0n) is 13.8. The third-order valence-corrected chi connectivity index (χ3v) is 5.34. The number of aromatic nitrogens is 2. The van der Waals surface area contributed by atoms with Crippen LogP contribution in [0, 0.1) is 0 Å². The fourth-order valence-electron chi connectivity index (χ4n) is 4.17. The highest BCUT2D eigenvalue weighted by molar-refractivity contribution is 5.92. The quantitative estimate of drug-likeness (QED) is 0.445. The molecule has 3 heterocycles. The van der Waals surface area contributed by atoms with Crippen molar-refractivity contribution < 1.29 is 4.79 Å². The summed E-state index contributed by atoms with van der Waals surface area (Å²) in [6.07, 6.45) is 4.02. The minimum Gasteiger partial charge on any atom is -0.361 e. The van der Waals surface area contributed by atoms with Crippen LogP contribution >= 0.6 is 0 Å². The number of hydrogen-bond donors (Lipinski definition) is 4. The van der Waals surface area contributed by atoms with Crippen LogP contribution in [0.25, 0.3) is 21.8 Å². The van der Waals surface area contributed by atoms with Gasteiger partial charge in [0.1, 0.15) is 5.54 Å². The van der Waals surface area contributed by atoms with Crippen molar-refractivity contribution in [2.24, 2.45) is 0 Å². The highest BCUT2D eigenvalue weighted by atomic mass is 16.2.